The standard InChI is InChI=1S/C14H11IN2O5/c15-22-6-7-1-2-8-9(5-7)14(21)17(13(8)20)10-3-4-11(18)16-12(10)19/h1-2,5,10H,3-4,6H2,(H,16,18,19). The zero-order chi connectivity index (χ0) is 15.9. The molecule has 114 valence electrons. The van der Waals surface area contributed by atoms with Crippen LogP contribution in [-0.2, 0) is 19.3 Å². The molecule has 1 N–H and O–H groups in total. The van der Waals surface area contributed by atoms with E-state index in [2.05, 4.69) is 5.32 Å². The lowest BCUT2D eigenvalue weighted by atomic mass is 10.0. The molecule has 0 aromatic heterocycles. The fraction of sp³-hybridized carbons (Fsp3) is 0.286. The van der Waals surface area contributed by atoms with Crippen molar-refractivity contribution < 1.29 is 22.2 Å². The highest BCUT2D eigenvalue weighted by Gasteiger charge is 2.44. The number of hydrogen-bond acceptors (Lipinski definition) is 5. The topological polar surface area (TPSA) is 92.8 Å². The summed E-state index contributed by atoms with van der Waals surface area (Å²) in [4.78, 5) is 48.9. The van der Waals surface area contributed by atoms with E-state index < -0.39 is 23.8 Å². The summed E-state index contributed by atoms with van der Waals surface area (Å²) >= 11 is 1.75. The molecule has 22 heavy (non-hydrogen) atoms. The van der Waals surface area contributed by atoms with Crippen LogP contribution in [0, 0.1) is 0 Å². The Bertz CT molecular complexity index is 702. The van der Waals surface area contributed by atoms with Crippen molar-refractivity contribution in [1.29, 1.82) is 0 Å². The van der Waals surface area contributed by atoms with Crippen molar-refractivity contribution in [3.8, 4) is 0 Å². The summed E-state index contributed by atoms with van der Waals surface area (Å²) in [6.45, 7) is 0.313. The van der Waals surface area contributed by atoms with E-state index in [9.17, 15) is 19.2 Å². The lowest BCUT2D eigenvalue weighted by Crippen LogP contribution is -2.54. The fourth-order valence-electron chi connectivity index (χ4n) is 2.67. The monoisotopic (exact) mass is 414 g/mol. The molecule has 0 radical (unpaired) electrons. The second-order valence-corrected chi connectivity index (χ2v) is 5.70. The Morgan fingerprint density at radius 1 is 1.18 bits per heavy atom. The van der Waals surface area contributed by atoms with E-state index >= 15 is 0 Å². The lowest BCUT2D eigenvalue weighted by Gasteiger charge is -2.27. The van der Waals surface area contributed by atoms with Crippen LogP contribution in [0.5, 0.6) is 0 Å². The Balaban J connectivity index is 1.93. The van der Waals surface area contributed by atoms with Crippen LogP contribution in [-0.4, -0.2) is 34.6 Å². The molecule has 1 aromatic carbocycles. The molecule has 1 saturated heterocycles. The highest BCUT2D eigenvalue weighted by atomic mass is 127. The van der Waals surface area contributed by atoms with E-state index in [1.54, 1.807) is 41.2 Å². The van der Waals surface area contributed by atoms with Crippen molar-refractivity contribution in [3.05, 3.63) is 34.9 Å². The van der Waals surface area contributed by atoms with E-state index in [-0.39, 0.29) is 29.9 Å². The molecule has 4 amide bonds. The van der Waals surface area contributed by atoms with Crippen LogP contribution in [0.4, 0.5) is 0 Å². The predicted molar refractivity (Wildman–Crippen MR) is 81.9 cm³/mol. The van der Waals surface area contributed by atoms with Gasteiger partial charge in [0, 0.05) is 6.42 Å². The Kier molecular flexibility index (Phi) is 3.96. The number of piperidine rings is 1. The molecule has 3 rings (SSSR count). The summed E-state index contributed by atoms with van der Waals surface area (Å²) in [6.07, 6.45) is 0.261. The van der Waals surface area contributed by atoms with E-state index in [1.807, 2.05) is 0 Å². The second kappa shape index (κ2) is 5.76. The maximum atomic E-state index is 12.5. The number of carbonyl (C=O) groups is 4. The number of halogens is 1. The SMILES string of the molecule is O=C1CCC(N2C(=O)c3ccc(COI)cc3C2=O)C(=O)N1. The average molecular weight is 414 g/mol. The van der Waals surface area contributed by atoms with Gasteiger partial charge in [-0.25, -0.2) is 0 Å². The molecule has 7 nitrogen and oxygen atoms in total. The van der Waals surface area contributed by atoms with Crippen LogP contribution in [0.3, 0.4) is 0 Å². The number of benzene rings is 1. The van der Waals surface area contributed by atoms with E-state index in [0.717, 1.165) is 10.5 Å². The Labute approximate surface area is 139 Å². The van der Waals surface area contributed by atoms with Gasteiger partial charge in [0.05, 0.1) is 17.7 Å². The highest BCUT2D eigenvalue weighted by Crippen LogP contribution is 2.28. The first kappa shape index (κ1) is 15.1. The summed E-state index contributed by atoms with van der Waals surface area (Å²) in [6, 6.07) is 3.93. The van der Waals surface area contributed by atoms with Gasteiger partial charge in [0.25, 0.3) is 11.8 Å². The van der Waals surface area contributed by atoms with E-state index in [0.29, 0.717) is 6.61 Å². The molecular weight excluding hydrogens is 403 g/mol. The van der Waals surface area contributed by atoms with Gasteiger partial charge >= 0.3 is 0 Å². The summed E-state index contributed by atoms with van der Waals surface area (Å²) in [5.74, 6) is -2.01. The number of nitrogens with zero attached hydrogens (tertiary/aromatic N) is 1. The van der Waals surface area contributed by atoms with Crippen LogP contribution in [0.2, 0.25) is 0 Å². The van der Waals surface area contributed by atoms with Gasteiger partial charge in [-0.15, -0.1) is 0 Å². The van der Waals surface area contributed by atoms with Crippen molar-refractivity contribution in [2.75, 3.05) is 0 Å². The molecule has 8 heteroatoms. The molecule has 2 heterocycles. The molecule has 0 bridgehead atoms. The molecule has 1 aromatic rings. The third-order valence-electron chi connectivity index (χ3n) is 3.73. The third-order valence-corrected chi connectivity index (χ3v) is 4.04. The number of rotatable bonds is 3. The van der Waals surface area contributed by atoms with E-state index in [1.165, 1.54) is 0 Å². The van der Waals surface area contributed by atoms with Gasteiger partial charge in [0.2, 0.25) is 11.8 Å². The number of fused-ring (bicyclic) bond motifs is 1. The molecule has 0 saturated carbocycles. The van der Waals surface area contributed by atoms with Gasteiger partial charge in [-0.3, -0.25) is 29.4 Å². The number of hydrogen-bond donors (Lipinski definition) is 1. The van der Waals surface area contributed by atoms with E-state index in [4.69, 9.17) is 3.07 Å². The molecule has 2 aliphatic heterocycles. The van der Waals surface area contributed by atoms with Gasteiger partial charge < -0.3 is 3.07 Å². The number of amides is 4. The van der Waals surface area contributed by atoms with Gasteiger partial charge in [0.15, 0.2) is 0 Å². The van der Waals surface area contributed by atoms with Gasteiger partial charge in [-0.1, -0.05) is 6.07 Å². The Hall–Kier alpha value is -1.81. The zero-order valence-corrected chi connectivity index (χ0v) is 13.5. The predicted octanol–water partition coefficient (Wildman–Crippen LogP) is 0.954. The molecule has 0 aliphatic carbocycles. The first-order valence-corrected chi connectivity index (χ1v) is 7.49. The Morgan fingerprint density at radius 2 is 1.91 bits per heavy atom. The maximum Gasteiger partial charge on any atom is 0.262 e. The van der Waals surface area contributed by atoms with Crippen LogP contribution in [0.1, 0.15) is 39.1 Å². The Morgan fingerprint density at radius 3 is 2.59 bits per heavy atom. The molecule has 1 fully saturated rings. The zero-order valence-electron chi connectivity index (χ0n) is 11.3. The number of nitrogens with one attached hydrogen (secondary N) is 1. The normalized spacial score (nSPS) is 21.1. The molecule has 1 atom stereocenters. The summed E-state index contributed by atoms with van der Waals surface area (Å²) in [7, 11) is 0. The van der Waals surface area contributed by atoms with Crippen molar-refractivity contribution in [2.24, 2.45) is 0 Å². The summed E-state index contributed by atoms with van der Waals surface area (Å²) < 4.78 is 4.98. The average Bonchev–Trinajstić information content (AvgIpc) is 2.72. The lowest BCUT2D eigenvalue weighted by molar-refractivity contribution is -0.136. The summed E-state index contributed by atoms with van der Waals surface area (Å²) in [5, 5.41) is 2.16. The first-order valence-electron chi connectivity index (χ1n) is 6.61. The van der Waals surface area contributed by atoms with Crippen LogP contribution in [0.15, 0.2) is 18.2 Å². The van der Waals surface area contributed by atoms with Crippen molar-refractivity contribution in [2.45, 2.75) is 25.5 Å². The van der Waals surface area contributed by atoms with Crippen molar-refractivity contribution >= 4 is 46.6 Å². The highest BCUT2D eigenvalue weighted by molar-refractivity contribution is 14.1. The van der Waals surface area contributed by atoms with Crippen LogP contribution in [0.25, 0.3) is 0 Å². The number of imide groups is 2. The summed E-state index contributed by atoms with van der Waals surface area (Å²) in [5.41, 5.74) is 1.30. The minimum atomic E-state index is -0.936. The third kappa shape index (κ3) is 2.41. The van der Waals surface area contributed by atoms with Crippen LogP contribution < -0.4 is 5.32 Å². The van der Waals surface area contributed by atoms with Gasteiger partial charge in [-0.05, 0) is 24.1 Å². The van der Waals surface area contributed by atoms with Gasteiger partial charge in [-0.2, -0.15) is 0 Å². The first-order chi connectivity index (χ1) is 10.5. The second-order valence-electron chi connectivity index (χ2n) is 5.08. The molecular formula is C14H11IN2O5. The molecule has 1 unspecified atom stereocenters. The van der Waals surface area contributed by atoms with Gasteiger partial charge in [0.1, 0.15) is 29.0 Å². The largest absolute Gasteiger partial charge is 0.311 e. The minimum Gasteiger partial charge on any atom is -0.311 e. The van der Waals surface area contributed by atoms with Crippen molar-refractivity contribution in [1.82, 2.24) is 10.2 Å². The minimum absolute atomic E-state index is 0.109. The fourth-order valence-corrected chi connectivity index (χ4v) is 3.03. The number of carbonyl (C=O) groups excluding carboxylic acids is 4. The van der Waals surface area contributed by atoms with Crippen LogP contribution >= 0.6 is 23.0 Å². The quantitative estimate of drug-likeness (QED) is 0.588. The maximum absolute atomic E-state index is 12.5. The smallest absolute Gasteiger partial charge is 0.262 e. The van der Waals surface area contributed by atoms with Crippen molar-refractivity contribution in [3.63, 3.8) is 0 Å². The molecule has 2 aliphatic rings. The molecule has 0 spiro atoms.